The van der Waals surface area contributed by atoms with E-state index in [9.17, 15) is 9.59 Å². The molecule has 0 aromatic heterocycles. The summed E-state index contributed by atoms with van der Waals surface area (Å²) < 4.78 is 0.913. The number of nitrogens with one attached hydrogen (secondary N) is 1. The average molecular weight is 342 g/mol. The third kappa shape index (κ3) is 6.19. The van der Waals surface area contributed by atoms with Crippen LogP contribution in [0.15, 0.2) is 28.7 Å². The number of rotatable bonds is 5. The molecule has 0 saturated heterocycles. The number of hydrogen-bond acceptors (Lipinski definition) is 2. The highest BCUT2D eigenvalue weighted by molar-refractivity contribution is 9.10. The van der Waals surface area contributed by atoms with Crippen LogP contribution in [-0.2, 0) is 9.59 Å². The normalized spacial score (nSPS) is 12.8. The first kappa shape index (κ1) is 16.7. The number of carboxylic acids is 1. The van der Waals surface area contributed by atoms with Gasteiger partial charge in [-0.1, -0.05) is 48.8 Å². The number of carboxylic acid groups (broad SMARTS) is 1. The van der Waals surface area contributed by atoms with Crippen molar-refractivity contribution in [2.24, 2.45) is 5.41 Å². The Morgan fingerprint density at radius 1 is 1.25 bits per heavy atom. The van der Waals surface area contributed by atoms with E-state index in [1.165, 1.54) is 0 Å². The van der Waals surface area contributed by atoms with Crippen molar-refractivity contribution in [3.63, 3.8) is 0 Å². The molecule has 0 fully saturated rings. The number of carbonyl (C=O) groups excluding carboxylic acids is 1. The largest absolute Gasteiger partial charge is 0.481 e. The van der Waals surface area contributed by atoms with Crippen molar-refractivity contribution in [3.05, 3.63) is 34.3 Å². The molecule has 20 heavy (non-hydrogen) atoms. The first-order valence-electron chi connectivity index (χ1n) is 6.44. The summed E-state index contributed by atoms with van der Waals surface area (Å²) in [5.41, 5.74) is 0.662. The fraction of sp³-hybridized carbons (Fsp3) is 0.467. The van der Waals surface area contributed by atoms with E-state index in [1.807, 2.05) is 45.0 Å². The molecule has 1 aromatic rings. The summed E-state index contributed by atoms with van der Waals surface area (Å²) in [6, 6.07) is 6.79. The number of carbonyl (C=O) groups is 2. The summed E-state index contributed by atoms with van der Waals surface area (Å²) in [5.74, 6) is -1.07. The minimum atomic E-state index is -0.936. The van der Waals surface area contributed by atoms with Gasteiger partial charge in [0.25, 0.3) is 0 Å². The lowest BCUT2D eigenvalue weighted by Gasteiger charge is -2.22. The molecule has 1 unspecified atom stereocenters. The van der Waals surface area contributed by atoms with E-state index in [1.54, 1.807) is 0 Å². The van der Waals surface area contributed by atoms with Crippen LogP contribution in [-0.4, -0.2) is 17.0 Å². The van der Waals surface area contributed by atoms with Crippen LogP contribution < -0.4 is 5.32 Å². The summed E-state index contributed by atoms with van der Waals surface area (Å²) >= 11 is 3.33. The number of aliphatic carboxylic acids is 1. The zero-order valence-electron chi connectivity index (χ0n) is 11.9. The second-order valence-electron chi connectivity index (χ2n) is 6.01. The van der Waals surface area contributed by atoms with E-state index in [0.717, 1.165) is 10.0 Å². The Morgan fingerprint density at radius 3 is 2.25 bits per heavy atom. The molecule has 1 rings (SSSR count). The highest BCUT2D eigenvalue weighted by atomic mass is 79.9. The Labute approximate surface area is 127 Å². The quantitative estimate of drug-likeness (QED) is 0.860. The van der Waals surface area contributed by atoms with Gasteiger partial charge in [0.15, 0.2) is 0 Å². The molecule has 5 heteroatoms. The second kappa shape index (κ2) is 6.88. The Kier molecular flexibility index (Phi) is 5.74. The van der Waals surface area contributed by atoms with Crippen LogP contribution in [0.5, 0.6) is 0 Å². The van der Waals surface area contributed by atoms with Gasteiger partial charge in [-0.2, -0.15) is 0 Å². The maximum Gasteiger partial charge on any atom is 0.305 e. The van der Waals surface area contributed by atoms with Gasteiger partial charge in [-0.05, 0) is 23.1 Å². The van der Waals surface area contributed by atoms with Crippen LogP contribution >= 0.6 is 15.9 Å². The van der Waals surface area contributed by atoms with Crippen molar-refractivity contribution in [1.82, 2.24) is 5.32 Å². The van der Waals surface area contributed by atoms with Gasteiger partial charge in [0.2, 0.25) is 5.91 Å². The Hall–Kier alpha value is -1.36. The van der Waals surface area contributed by atoms with Crippen molar-refractivity contribution >= 4 is 27.8 Å². The first-order valence-corrected chi connectivity index (χ1v) is 7.23. The fourth-order valence-electron chi connectivity index (χ4n) is 1.85. The Morgan fingerprint density at radius 2 is 1.80 bits per heavy atom. The number of benzene rings is 1. The van der Waals surface area contributed by atoms with Crippen molar-refractivity contribution in [2.75, 3.05) is 0 Å². The molecule has 1 amide bonds. The molecular formula is C15H20BrNO3. The lowest BCUT2D eigenvalue weighted by atomic mass is 9.91. The molecule has 1 atom stereocenters. The smallest absolute Gasteiger partial charge is 0.305 e. The summed E-state index contributed by atoms with van der Waals surface area (Å²) in [6.45, 7) is 5.91. The van der Waals surface area contributed by atoms with E-state index in [2.05, 4.69) is 21.2 Å². The molecule has 110 valence electrons. The highest BCUT2D eigenvalue weighted by Gasteiger charge is 2.21. The molecule has 1 aromatic carbocycles. The van der Waals surface area contributed by atoms with Crippen LogP contribution in [0, 0.1) is 5.41 Å². The average Bonchev–Trinajstić information content (AvgIpc) is 2.25. The third-order valence-electron chi connectivity index (χ3n) is 2.68. The number of halogens is 1. The predicted octanol–water partition coefficient (Wildman–Crippen LogP) is 3.52. The molecule has 0 saturated carbocycles. The third-order valence-corrected chi connectivity index (χ3v) is 3.21. The maximum atomic E-state index is 12.0. The van der Waals surface area contributed by atoms with Crippen molar-refractivity contribution in [1.29, 1.82) is 0 Å². The molecule has 0 radical (unpaired) electrons. The van der Waals surface area contributed by atoms with E-state index in [0.29, 0.717) is 6.42 Å². The topological polar surface area (TPSA) is 66.4 Å². The Bertz CT molecular complexity index is 477. The highest BCUT2D eigenvalue weighted by Crippen LogP contribution is 2.22. The van der Waals surface area contributed by atoms with E-state index in [4.69, 9.17) is 5.11 Å². The van der Waals surface area contributed by atoms with Crippen LogP contribution in [0.25, 0.3) is 0 Å². The van der Waals surface area contributed by atoms with Crippen molar-refractivity contribution in [2.45, 2.75) is 39.7 Å². The van der Waals surface area contributed by atoms with Crippen molar-refractivity contribution in [3.8, 4) is 0 Å². The monoisotopic (exact) mass is 341 g/mol. The first-order chi connectivity index (χ1) is 9.17. The van der Waals surface area contributed by atoms with Gasteiger partial charge in [-0.25, -0.2) is 0 Å². The molecular weight excluding hydrogens is 322 g/mol. The standard InChI is InChI=1S/C15H20BrNO3/c1-15(2,3)9-13(18)17-12(8-14(19)20)10-4-6-11(16)7-5-10/h4-7,12H,8-9H2,1-3H3,(H,17,18)(H,19,20). The second-order valence-corrected chi connectivity index (χ2v) is 6.92. The molecule has 0 bridgehead atoms. The maximum absolute atomic E-state index is 12.0. The summed E-state index contributed by atoms with van der Waals surface area (Å²) in [5, 5.41) is 11.8. The van der Waals surface area contributed by atoms with Crippen LogP contribution in [0.4, 0.5) is 0 Å². The minimum Gasteiger partial charge on any atom is -0.481 e. The van der Waals surface area contributed by atoms with Gasteiger partial charge in [0, 0.05) is 10.9 Å². The van der Waals surface area contributed by atoms with Gasteiger partial charge >= 0.3 is 5.97 Å². The summed E-state index contributed by atoms with van der Waals surface area (Å²) in [6.07, 6.45) is 0.233. The molecule has 4 nitrogen and oxygen atoms in total. The zero-order chi connectivity index (χ0) is 15.3. The molecule has 0 aliphatic heterocycles. The molecule has 0 aliphatic rings. The van der Waals surface area contributed by atoms with Crippen LogP contribution in [0.2, 0.25) is 0 Å². The van der Waals surface area contributed by atoms with Gasteiger partial charge in [0.1, 0.15) is 0 Å². The number of amides is 1. The minimum absolute atomic E-state index is 0.127. The predicted molar refractivity (Wildman–Crippen MR) is 81.4 cm³/mol. The van der Waals surface area contributed by atoms with E-state index < -0.39 is 12.0 Å². The van der Waals surface area contributed by atoms with Gasteiger partial charge in [-0.3, -0.25) is 9.59 Å². The lowest BCUT2D eigenvalue weighted by molar-refractivity contribution is -0.137. The molecule has 0 spiro atoms. The number of hydrogen-bond donors (Lipinski definition) is 2. The van der Waals surface area contributed by atoms with Gasteiger partial charge in [0.05, 0.1) is 12.5 Å². The van der Waals surface area contributed by atoms with Gasteiger partial charge in [-0.15, -0.1) is 0 Å². The molecule has 0 heterocycles. The SMILES string of the molecule is CC(C)(C)CC(=O)NC(CC(=O)O)c1ccc(Br)cc1. The summed E-state index contributed by atoms with van der Waals surface area (Å²) in [7, 11) is 0. The molecule has 0 aliphatic carbocycles. The van der Waals surface area contributed by atoms with Crippen molar-refractivity contribution < 1.29 is 14.7 Å². The van der Waals surface area contributed by atoms with Crippen LogP contribution in [0.1, 0.15) is 45.2 Å². The zero-order valence-corrected chi connectivity index (χ0v) is 13.5. The molecule has 2 N–H and O–H groups in total. The summed E-state index contributed by atoms with van der Waals surface area (Å²) in [4.78, 5) is 22.9. The van der Waals surface area contributed by atoms with E-state index >= 15 is 0 Å². The van der Waals surface area contributed by atoms with Crippen LogP contribution in [0.3, 0.4) is 0 Å². The Balaban J connectivity index is 2.82. The fourth-order valence-corrected chi connectivity index (χ4v) is 2.11. The van der Waals surface area contributed by atoms with Gasteiger partial charge < -0.3 is 10.4 Å². The lowest BCUT2D eigenvalue weighted by Crippen LogP contribution is -2.32. The van der Waals surface area contributed by atoms with E-state index in [-0.39, 0.29) is 17.7 Å².